The molecule has 0 aromatic carbocycles. The van der Waals surface area contributed by atoms with Gasteiger partial charge in [0.15, 0.2) is 5.96 Å². The molecule has 8 heteroatoms. The monoisotopic (exact) mass is 353 g/mol. The van der Waals surface area contributed by atoms with Gasteiger partial charge in [-0.25, -0.2) is 0 Å². The van der Waals surface area contributed by atoms with Gasteiger partial charge in [-0.2, -0.15) is 0 Å². The van der Waals surface area contributed by atoms with Crippen molar-refractivity contribution in [2.75, 3.05) is 60.0 Å². The number of nitrogens with one attached hydrogen (secondary N) is 1. The predicted octanol–water partition coefficient (Wildman–Crippen LogP) is -0.247. The normalized spacial score (nSPS) is 21.4. The van der Waals surface area contributed by atoms with Crippen LogP contribution in [-0.2, 0) is 14.3 Å². The molecule has 142 valence electrons. The molecule has 0 radical (unpaired) electrons. The Morgan fingerprint density at radius 2 is 1.88 bits per heavy atom. The number of amides is 2. The van der Waals surface area contributed by atoms with Crippen LogP contribution >= 0.6 is 0 Å². The van der Waals surface area contributed by atoms with E-state index in [9.17, 15) is 9.59 Å². The third-order valence-corrected chi connectivity index (χ3v) is 4.52. The van der Waals surface area contributed by atoms with Gasteiger partial charge in [-0.1, -0.05) is 0 Å². The fourth-order valence-electron chi connectivity index (χ4n) is 3.02. The Labute approximate surface area is 150 Å². The Kier molecular flexibility index (Phi) is 7.49. The maximum Gasteiger partial charge on any atom is 0.251 e. The Hall–Kier alpha value is -1.83. The molecule has 2 fully saturated rings. The van der Waals surface area contributed by atoms with E-state index < -0.39 is 0 Å². The zero-order chi connectivity index (χ0) is 18.2. The lowest BCUT2D eigenvalue weighted by Crippen LogP contribution is -2.55. The molecule has 1 atom stereocenters. The van der Waals surface area contributed by atoms with Gasteiger partial charge < -0.3 is 24.8 Å². The number of aliphatic imine (C=N–C) groups is 1. The van der Waals surface area contributed by atoms with Crippen LogP contribution in [0.4, 0.5) is 0 Å². The van der Waals surface area contributed by atoms with Crippen LogP contribution < -0.4 is 5.32 Å². The van der Waals surface area contributed by atoms with Crippen molar-refractivity contribution in [2.45, 2.75) is 32.3 Å². The second-order valence-corrected chi connectivity index (χ2v) is 6.59. The Morgan fingerprint density at radius 3 is 2.44 bits per heavy atom. The SMILES string of the molecule is CCNC(=NCCC(=O)N(C)C)N1CCN(C(=O)C2CCCO2)CC1. The van der Waals surface area contributed by atoms with E-state index in [1.165, 1.54) is 0 Å². The molecule has 0 aliphatic carbocycles. The quantitative estimate of drug-likeness (QED) is 0.545. The van der Waals surface area contributed by atoms with Gasteiger partial charge in [0, 0.05) is 59.8 Å². The van der Waals surface area contributed by atoms with Crippen molar-refractivity contribution in [1.29, 1.82) is 0 Å². The second-order valence-electron chi connectivity index (χ2n) is 6.59. The van der Waals surface area contributed by atoms with Crippen molar-refractivity contribution in [2.24, 2.45) is 4.99 Å². The van der Waals surface area contributed by atoms with Crippen LogP contribution in [0.2, 0.25) is 0 Å². The number of nitrogens with zero attached hydrogens (tertiary/aromatic N) is 4. The summed E-state index contributed by atoms with van der Waals surface area (Å²) in [7, 11) is 3.50. The molecule has 0 aromatic rings. The summed E-state index contributed by atoms with van der Waals surface area (Å²) in [6.07, 6.45) is 1.97. The molecule has 0 aromatic heterocycles. The minimum atomic E-state index is -0.245. The first-order chi connectivity index (χ1) is 12.0. The van der Waals surface area contributed by atoms with Crippen LogP contribution in [0, 0.1) is 0 Å². The van der Waals surface area contributed by atoms with Gasteiger partial charge in [0.25, 0.3) is 5.91 Å². The van der Waals surface area contributed by atoms with Gasteiger partial charge >= 0.3 is 0 Å². The van der Waals surface area contributed by atoms with Crippen LogP contribution in [-0.4, -0.2) is 98.5 Å². The molecule has 1 unspecified atom stereocenters. The Bertz CT molecular complexity index is 481. The maximum absolute atomic E-state index is 12.4. The summed E-state index contributed by atoms with van der Waals surface area (Å²) >= 11 is 0. The second kappa shape index (κ2) is 9.60. The Balaban J connectivity index is 1.84. The maximum atomic E-state index is 12.4. The molecule has 2 saturated heterocycles. The molecule has 2 aliphatic heterocycles. The van der Waals surface area contributed by atoms with E-state index in [4.69, 9.17) is 4.74 Å². The highest BCUT2D eigenvalue weighted by Crippen LogP contribution is 2.16. The van der Waals surface area contributed by atoms with E-state index in [-0.39, 0.29) is 17.9 Å². The molecule has 0 spiro atoms. The average molecular weight is 353 g/mol. The predicted molar refractivity (Wildman–Crippen MR) is 96.4 cm³/mol. The standard InChI is InChI=1S/C17H31N5O3/c1-4-18-17(19-8-7-15(23)20(2)3)22-11-9-21(10-12-22)16(24)14-6-5-13-25-14/h14H,4-13H2,1-3H3,(H,18,19). The summed E-state index contributed by atoms with van der Waals surface area (Å²) in [5.41, 5.74) is 0. The van der Waals surface area contributed by atoms with Crippen LogP contribution in [0.25, 0.3) is 0 Å². The van der Waals surface area contributed by atoms with Crippen molar-refractivity contribution >= 4 is 17.8 Å². The van der Waals surface area contributed by atoms with Gasteiger partial charge in [0.1, 0.15) is 6.10 Å². The molecule has 2 rings (SSSR count). The first kappa shape index (κ1) is 19.5. The lowest BCUT2D eigenvalue weighted by Gasteiger charge is -2.37. The molecule has 0 bridgehead atoms. The zero-order valence-electron chi connectivity index (χ0n) is 15.7. The zero-order valence-corrected chi connectivity index (χ0v) is 15.7. The summed E-state index contributed by atoms with van der Waals surface area (Å²) < 4.78 is 5.50. The minimum Gasteiger partial charge on any atom is -0.368 e. The molecule has 2 aliphatic rings. The smallest absolute Gasteiger partial charge is 0.251 e. The number of ether oxygens (including phenoxy) is 1. The Morgan fingerprint density at radius 1 is 1.20 bits per heavy atom. The van der Waals surface area contributed by atoms with E-state index in [2.05, 4.69) is 15.2 Å². The summed E-state index contributed by atoms with van der Waals surface area (Å²) in [4.78, 5) is 34.3. The number of carbonyl (C=O) groups is 2. The molecular formula is C17H31N5O3. The van der Waals surface area contributed by atoms with E-state index in [1.807, 2.05) is 11.8 Å². The van der Waals surface area contributed by atoms with Crippen LogP contribution in [0.3, 0.4) is 0 Å². The summed E-state index contributed by atoms with van der Waals surface area (Å²) in [6.45, 7) is 6.80. The average Bonchev–Trinajstić information content (AvgIpc) is 3.15. The third-order valence-electron chi connectivity index (χ3n) is 4.52. The highest BCUT2D eigenvalue weighted by molar-refractivity contribution is 5.83. The van der Waals surface area contributed by atoms with E-state index in [0.29, 0.717) is 32.7 Å². The number of hydrogen-bond donors (Lipinski definition) is 1. The molecule has 0 saturated carbocycles. The lowest BCUT2D eigenvalue weighted by atomic mass is 10.2. The fraction of sp³-hybridized carbons (Fsp3) is 0.824. The van der Waals surface area contributed by atoms with Crippen molar-refractivity contribution in [3.05, 3.63) is 0 Å². The number of carbonyl (C=O) groups excluding carboxylic acids is 2. The molecule has 8 nitrogen and oxygen atoms in total. The number of piperazine rings is 1. The van der Waals surface area contributed by atoms with Crippen LogP contribution in [0.15, 0.2) is 4.99 Å². The topological polar surface area (TPSA) is 77.5 Å². The minimum absolute atomic E-state index is 0.0755. The van der Waals surface area contributed by atoms with Crippen LogP contribution in [0.5, 0.6) is 0 Å². The van der Waals surface area contributed by atoms with Crippen LogP contribution in [0.1, 0.15) is 26.2 Å². The van der Waals surface area contributed by atoms with Gasteiger partial charge in [-0.15, -0.1) is 0 Å². The highest BCUT2D eigenvalue weighted by Gasteiger charge is 2.30. The number of hydrogen-bond acceptors (Lipinski definition) is 4. The summed E-state index contributed by atoms with van der Waals surface area (Å²) in [6, 6.07) is 0. The van der Waals surface area contributed by atoms with Gasteiger partial charge in [-0.05, 0) is 19.8 Å². The van der Waals surface area contributed by atoms with E-state index in [0.717, 1.165) is 38.4 Å². The fourth-order valence-corrected chi connectivity index (χ4v) is 3.02. The third kappa shape index (κ3) is 5.59. The van der Waals surface area contributed by atoms with Gasteiger partial charge in [0.2, 0.25) is 5.91 Å². The first-order valence-corrected chi connectivity index (χ1v) is 9.16. The molecule has 2 heterocycles. The van der Waals surface area contributed by atoms with Crippen molar-refractivity contribution in [3.63, 3.8) is 0 Å². The molecule has 1 N–H and O–H groups in total. The van der Waals surface area contributed by atoms with E-state index >= 15 is 0 Å². The lowest BCUT2D eigenvalue weighted by molar-refractivity contribution is -0.142. The molecule has 25 heavy (non-hydrogen) atoms. The largest absolute Gasteiger partial charge is 0.368 e. The highest BCUT2D eigenvalue weighted by atomic mass is 16.5. The van der Waals surface area contributed by atoms with Crippen molar-refractivity contribution < 1.29 is 14.3 Å². The molecule has 2 amide bonds. The van der Waals surface area contributed by atoms with Crippen molar-refractivity contribution in [3.8, 4) is 0 Å². The van der Waals surface area contributed by atoms with Gasteiger partial charge in [-0.3, -0.25) is 14.6 Å². The number of rotatable bonds is 5. The molecular weight excluding hydrogens is 322 g/mol. The summed E-state index contributed by atoms with van der Waals surface area (Å²) in [5.74, 6) is 1.01. The number of guanidine groups is 1. The van der Waals surface area contributed by atoms with E-state index in [1.54, 1.807) is 19.0 Å². The first-order valence-electron chi connectivity index (χ1n) is 9.16. The summed E-state index contributed by atoms with van der Waals surface area (Å²) in [5, 5.41) is 3.28. The van der Waals surface area contributed by atoms with Crippen molar-refractivity contribution in [1.82, 2.24) is 20.0 Å². The van der Waals surface area contributed by atoms with Gasteiger partial charge in [0.05, 0.1) is 6.54 Å².